The van der Waals surface area contributed by atoms with Gasteiger partial charge in [0.05, 0.1) is 0 Å². The minimum atomic E-state index is -0.214. The molecule has 0 aliphatic heterocycles. The Bertz CT molecular complexity index is 575. The van der Waals surface area contributed by atoms with Gasteiger partial charge in [0.25, 0.3) is 5.91 Å². The molecule has 106 valence electrons. The van der Waals surface area contributed by atoms with Crippen molar-refractivity contribution in [2.45, 2.75) is 26.8 Å². The van der Waals surface area contributed by atoms with E-state index in [1.807, 2.05) is 37.3 Å². The summed E-state index contributed by atoms with van der Waals surface area (Å²) in [6.07, 6.45) is 0.782. The third kappa shape index (κ3) is 3.48. The summed E-state index contributed by atoms with van der Waals surface area (Å²) in [4.78, 5) is 12.1. The Morgan fingerprint density at radius 2 is 1.95 bits per heavy atom. The number of carbonyl (C=O) groups is 1. The number of nitrogens with one attached hydrogen (secondary N) is 2. The molecule has 4 nitrogen and oxygen atoms in total. The molecule has 0 spiro atoms. The Hall–Kier alpha value is -2.07. The first kappa shape index (κ1) is 14.3. The van der Waals surface area contributed by atoms with Crippen LogP contribution >= 0.6 is 0 Å². The second-order valence-electron chi connectivity index (χ2n) is 4.51. The first-order valence-electron chi connectivity index (χ1n) is 6.93. The van der Waals surface area contributed by atoms with E-state index in [0.717, 1.165) is 36.5 Å². The molecule has 2 rings (SSSR count). The zero-order valence-electron chi connectivity index (χ0n) is 11.9. The van der Waals surface area contributed by atoms with E-state index in [9.17, 15) is 4.79 Å². The second kappa shape index (κ2) is 6.91. The maximum absolute atomic E-state index is 12.1. The molecular weight excluding hydrogens is 252 g/mol. The smallest absolute Gasteiger partial charge is 0.291 e. The Morgan fingerprint density at radius 1 is 1.15 bits per heavy atom. The van der Waals surface area contributed by atoms with Gasteiger partial charge < -0.3 is 15.1 Å². The van der Waals surface area contributed by atoms with Crippen LogP contribution in [0.2, 0.25) is 0 Å². The maximum Gasteiger partial charge on any atom is 0.291 e. The fourth-order valence-corrected chi connectivity index (χ4v) is 1.93. The number of benzene rings is 1. The van der Waals surface area contributed by atoms with Gasteiger partial charge >= 0.3 is 0 Å². The van der Waals surface area contributed by atoms with Crippen molar-refractivity contribution < 1.29 is 9.21 Å². The van der Waals surface area contributed by atoms with Crippen molar-refractivity contribution in [1.29, 1.82) is 0 Å². The summed E-state index contributed by atoms with van der Waals surface area (Å²) in [5, 5.41) is 6.16. The Balaban J connectivity index is 2.10. The monoisotopic (exact) mass is 272 g/mol. The number of aryl methyl sites for hydroxylation is 1. The van der Waals surface area contributed by atoms with Crippen molar-refractivity contribution in [3.63, 3.8) is 0 Å². The van der Waals surface area contributed by atoms with Crippen LogP contribution in [0.3, 0.4) is 0 Å². The van der Waals surface area contributed by atoms with Crippen LogP contribution < -0.4 is 10.6 Å². The number of furan rings is 1. The van der Waals surface area contributed by atoms with Gasteiger partial charge in [-0.25, -0.2) is 0 Å². The predicted molar refractivity (Wildman–Crippen MR) is 79.9 cm³/mol. The van der Waals surface area contributed by atoms with E-state index in [2.05, 4.69) is 17.6 Å². The number of hydrogen-bond acceptors (Lipinski definition) is 3. The predicted octanol–water partition coefficient (Wildman–Crippen LogP) is 3.20. The van der Waals surface area contributed by atoms with Crippen LogP contribution in [0.15, 0.2) is 40.8 Å². The molecule has 20 heavy (non-hydrogen) atoms. The molecule has 2 aromatic rings. The van der Waals surface area contributed by atoms with Crippen molar-refractivity contribution in [2.75, 3.05) is 11.9 Å². The van der Waals surface area contributed by atoms with E-state index in [-0.39, 0.29) is 5.91 Å². The molecule has 1 heterocycles. The van der Waals surface area contributed by atoms with Crippen molar-refractivity contribution >= 4 is 11.6 Å². The molecule has 4 heteroatoms. The van der Waals surface area contributed by atoms with Crippen molar-refractivity contribution in [1.82, 2.24) is 5.32 Å². The van der Waals surface area contributed by atoms with Gasteiger partial charge in [0.2, 0.25) is 0 Å². The average molecular weight is 272 g/mol. The molecule has 0 saturated carbocycles. The van der Waals surface area contributed by atoms with E-state index in [4.69, 9.17) is 4.42 Å². The standard InChI is InChI=1S/C16H20N2O2/c1-3-13-9-10-15(20-13)16(19)18-14-8-6-5-7-12(14)11-17-4-2/h5-10,17H,3-4,11H2,1-2H3,(H,18,19). The number of rotatable bonds is 6. The molecule has 1 amide bonds. The van der Waals surface area contributed by atoms with Gasteiger partial charge in [-0.3, -0.25) is 4.79 Å². The Labute approximate surface area is 119 Å². The van der Waals surface area contributed by atoms with E-state index >= 15 is 0 Å². The summed E-state index contributed by atoms with van der Waals surface area (Å²) < 4.78 is 5.46. The molecule has 0 atom stereocenters. The van der Waals surface area contributed by atoms with Crippen LogP contribution in [0.5, 0.6) is 0 Å². The van der Waals surface area contributed by atoms with Crippen LogP contribution in [-0.2, 0) is 13.0 Å². The van der Waals surface area contributed by atoms with Gasteiger partial charge in [0, 0.05) is 18.7 Å². The van der Waals surface area contributed by atoms with Gasteiger partial charge in [-0.2, -0.15) is 0 Å². The molecule has 0 aliphatic carbocycles. The number of amides is 1. The van der Waals surface area contributed by atoms with E-state index in [0.29, 0.717) is 5.76 Å². The lowest BCUT2D eigenvalue weighted by Gasteiger charge is -2.10. The third-order valence-electron chi connectivity index (χ3n) is 3.06. The number of carbonyl (C=O) groups excluding carboxylic acids is 1. The lowest BCUT2D eigenvalue weighted by molar-refractivity contribution is 0.0995. The van der Waals surface area contributed by atoms with Crippen LogP contribution in [0.1, 0.15) is 35.7 Å². The van der Waals surface area contributed by atoms with E-state index < -0.39 is 0 Å². The minimum absolute atomic E-state index is 0.214. The number of para-hydroxylation sites is 1. The summed E-state index contributed by atoms with van der Waals surface area (Å²) in [7, 11) is 0. The van der Waals surface area contributed by atoms with Crippen LogP contribution in [0.25, 0.3) is 0 Å². The van der Waals surface area contributed by atoms with E-state index in [1.54, 1.807) is 6.07 Å². The fraction of sp³-hybridized carbons (Fsp3) is 0.312. The molecule has 0 unspecified atom stereocenters. The highest BCUT2D eigenvalue weighted by molar-refractivity contribution is 6.02. The lowest BCUT2D eigenvalue weighted by Crippen LogP contribution is -2.16. The number of anilines is 1. The van der Waals surface area contributed by atoms with Gasteiger partial charge in [-0.05, 0) is 30.3 Å². The summed E-state index contributed by atoms with van der Waals surface area (Å²) in [6, 6.07) is 11.3. The van der Waals surface area contributed by atoms with Gasteiger partial charge in [0.1, 0.15) is 5.76 Å². The average Bonchev–Trinajstić information content (AvgIpc) is 2.95. The minimum Gasteiger partial charge on any atom is -0.456 e. The molecule has 1 aromatic heterocycles. The zero-order chi connectivity index (χ0) is 14.4. The van der Waals surface area contributed by atoms with Crippen molar-refractivity contribution in [3.05, 3.63) is 53.5 Å². The lowest BCUT2D eigenvalue weighted by atomic mass is 10.1. The Kier molecular flexibility index (Phi) is 4.96. The number of hydrogen-bond donors (Lipinski definition) is 2. The first-order chi connectivity index (χ1) is 9.74. The largest absolute Gasteiger partial charge is 0.456 e. The quantitative estimate of drug-likeness (QED) is 0.849. The molecule has 2 N–H and O–H groups in total. The summed E-state index contributed by atoms with van der Waals surface area (Å²) in [5.74, 6) is 0.949. The second-order valence-corrected chi connectivity index (χ2v) is 4.51. The molecule has 0 radical (unpaired) electrons. The van der Waals surface area contributed by atoms with Gasteiger partial charge in [-0.15, -0.1) is 0 Å². The van der Waals surface area contributed by atoms with Crippen LogP contribution in [0.4, 0.5) is 5.69 Å². The molecule has 0 fully saturated rings. The maximum atomic E-state index is 12.1. The summed E-state index contributed by atoms with van der Waals surface area (Å²) >= 11 is 0. The van der Waals surface area contributed by atoms with Gasteiger partial charge in [0.15, 0.2) is 5.76 Å². The Morgan fingerprint density at radius 3 is 2.65 bits per heavy atom. The van der Waals surface area contributed by atoms with Gasteiger partial charge in [-0.1, -0.05) is 32.0 Å². The van der Waals surface area contributed by atoms with Crippen LogP contribution in [0, 0.1) is 0 Å². The first-order valence-corrected chi connectivity index (χ1v) is 6.93. The van der Waals surface area contributed by atoms with Crippen molar-refractivity contribution in [2.24, 2.45) is 0 Å². The molecule has 0 aliphatic rings. The highest BCUT2D eigenvalue weighted by Gasteiger charge is 2.12. The van der Waals surface area contributed by atoms with Crippen LogP contribution in [-0.4, -0.2) is 12.5 Å². The normalized spacial score (nSPS) is 10.5. The third-order valence-corrected chi connectivity index (χ3v) is 3.06. The summed E-state index contributed by atoms with van der Waals surface area (Å²) in [5.41, 5.74) is 1.87. The SMILES string of the molecule is CCNCc1ccccc1NC(=O)c1ccc(CC)o1. The summed E-state index contributed by atoms with van der Waals surface area (Å²) in [6.45, 7) is 5.66. The topological polar surface area (TPSA) is 54.3 Å². The highest BCUT2D eigenvalue weighted by atomic mass is 16.3. The van der Waals surface area contributed by atoms with Crippen molar-refractivity contribution in [3.8, 4) is 0 Å². The fourth-order valence-electron chi connectivity index (χ4n) is 1.93. The molecular formula is C16H20N2O2. The highest BCUT2D eigenvalue weighted by Crippen LogP contribution is 2.17. The molecule has 0 bridgehead atoms. The zero-order valence-corrected chi connectivity index (χ0v) is 11.9. The molecule has 1 aromatic carbocycles. The molecule has 0 saturated heterocycles. The van der Waals surface area contributed by atoms with E-state index in [1.165, 1.54) is 0 Å².